The minimum absolute atomic E-state index is 8.68. The molecule has 0 aromatic carbocycles. The van der Waals surface area contributed by atoms with E-state index in [0.29, 0.717) is 0 Å². The van der Waals surface area contributed by atoms with E-state index in [4.69, 9.17) is 29.4 Å². The van der Waals surface area contributed by atoms with Gasteiger partial charge in [0.25, 0.3) is 0 Å². The van der Waals surface area contributed by atoms with Crippen molar-refractivity contribution in [3.05, 3.63) is 0 Å². The van der Waals surface area contributed by atoms with Gasteiger partial charge in [0, 0.05) is 0 Å². The van der Waals surface area contributed by atoms with E-state index >= 15 is 0 Å². The van der Waals surface area contributed by atoms with Crippen molar-refractivity contribution in [1.82, 2.24) is 0 Å². The van der Waals surface area contributed by atoms with E-state index in [2.05, 4.69) is 0 Å². The van der Waals surface area contributed by atoms with Crippen molar-refractivity contribution in [2.45, 2.75) is 0 Å². The van der Waals surface area contributed by atoms with Gasteiger partial charge in [-0.15, -0.1) is 0 Å². The van der Waals surface area contributed by atoms with Crippen LogP contribution >= 0.6 is 0 Å². The predicted molar refractivity (Wildman–Crippen MR) is 5.49 cm³/mol. The standard InChI is InChI=1S/8O.V. The molecule has 0 saturated carbocycles. The number of hydrogen-bond acceptors (Lipinski definition) is 8. The maximum atomic E-state index is 8.68. The van der Waals surface area contributed by atoms with Gasteiger partial charge in [-0.05, 0) is 0 Å². The van der Waals surface area contributed by atoms with E-state index in [9.17, 15) is 0 Å². The molecule has 0 radical (unpaired) electrons. The molecule has 0 heterocycles. The first kappa shape index (κ1) is 7.98. The summed E-state index contributed by atoms with van der Waals surface area (Å²) >= 11 is 0. The topological polar surface area (TPSA) is 137 Å². The van der Waals surface area contributed by atoms with E-state index in [1.54, 1.807) is 0 Å². The molecule has 53 valence electrons. The third-order valence-corrected chi connectivity index (χ3v) is 0. The first-order chi connectivity index (χ1) is 2.83. The molecule has 0 rings (SSSR count). The third kappa shape index (κ3) is 168. The molecule has 0 amide bonds. The molecule has 0 aromatic rings. The van der Waals surface area contributed by atoms with Crippen molar-refractivity contribution in [3.63, 3.8) is 0 Å². The fourth-order valence-electron chi connectivity index (χ4n) is 0. The van der Waals surface area contributed by atoms with Crippen molar-refractivity contribution in [2.24, 2.45) is 0 Å². The summed E-state index contributed by atoms with van der Waals surface area (Å²) in [6, 6.07) is 0. The molecule has 0 spiro atoms. The Morgan fingerprint density at radius 2 is 0.444 bits per heavy atom. The van der Waals surface area contributed by atoms with Crippen LogP contribution in [0.15, 0.2) is 0 Å². The molecule has 0 aliphatic carbocycles. The number of rotatable bonds is 0. The molecule has 0 bridgehead atoms. The monoisotopic (exact) mass is 179 g/mol. The van der Waals surface area contributed by atoms with Crippen LogP contribution in [0.3, 0.4) is 0 Å². The maximum absolute atomic E-state index is 13.2. The van der Waals surface area contributed by atoms with Crippen LogP contribution in [-0.2, 0) is 38.5 Å². The molecular formula is O8V. The molecule has 9 heavy (non-hydrogen) atoms. The Morgan fingerprint density at radius 1 is 0.444 bits per heavy atom. The van der Waals surface area contributed by atoms with Crippen molar-refractivity contribution >= 4 is 0 Å². The second-order valence-corrected chi connectivity index (χ2v) is 8.60. The van der Waals surface area contributed by atoms with Crippen molar-refractivity contribution < 1.29 is 38.5 Å². The van der Waals surface area contributed by atoms with E-state index < -0.39 is 9.06 Å². The molecule has 0 fully saturated rings. The Morgan fingerprint density at radius 3 is 0.444 bits per heavy atom. The zero-order valence-electron chi connectivity index (χ0n) is 3.71. The molecular weight excluding hydrogens is 179 g/mol. The molecule has 0 saturated heterocycles. The second kappa shape index (κ2) is 0.344. The number of hydrogen-bond donors (Lipinski definition) is 0. The SMILES string of the molecule is [O]=[V](=[O])(=[O])(=[O])(=[O])(=[O])(=[O])=[O]. The summed E-state index contributed by atoms with van der Waals surface area (Å²) in [4.78, 5) is 0. The Kier molecular flexibility index (Phi) is 0.305. The van der Waals surface area contributed by atoms with E-state index in [1.165, 1.54) is 0 Å². The van der Waals surface area contributed by atoms with Crippen molar-refractivity contribution in [1.29, 1.82) is 0 Å². The van der Waals surface area contributed by atoms with Gasteiger partial charge < -0.3 is 0 Å². The minimum atomic E-state index is -13.2. The first-order valence-electron chi connectivity index (χ1n) is 1.46. The third-order valence-electron chi connectivity index (χ3n) is 0. The van der Waals surface area contributed by atoms with Gasteiger partial charge >= 0.3 is 38.5 Å². The van der Waals surface area contributed by atoms with Crippen LogP contribution in [0.1, 0.15) is 0 Å². The Labute approximate surface area is 39.3 Å². The van der Waals surface area contributed by atoms with E-state index in [1.807, 2.05) is 0 Å². The average Bonchev–Trinajstić information content (AvgIpc) is 0.503. The second-order valence-electron chi connectivity index (χ2n) is 2.09. The fraction of sp³-hybridized carbons (Fsp3) is 0. The van der Waals surface area contributed by atoms with Gasteiger partial charge in [-0.3, -0.25) is 0 Å². The summed E-state index contributed by atoms with van der Waals surface area (Å²) in [5.74, 6) is 0. The molecule has 0 aromatic heterocycles. The predicted octanol–water partition coefficient (Wildman–Crippen LogP) is -0.953. The summed E-state index contributed by atoms with van der Waals surface area (Å²) in [5.41, 5.74) is 0. The van der Waals surface area contributed by atoms with Gasteiger partial charge in [0.2, 0.25) is 0 Å². The zero-order valence-corrected chi connectivity index (χ0v) is 5.11. The summed E-state index contributed by atoms with van der Waals surface area (Å²) in [6.45, 7) is 0. The summed E-state index contributed by atoms with van der Waals surface area (Å²) in [5, 5.41) is 0. The van der Waals surface area contributed by atoms with Crippen LogP contribution in [0.4, 0.5) is 0 Å². The van der Waals surface area contributed by atoms with Gasteiger partial charge in [-0.1, -0.05) is 0 Å². The molecule has 0 aliphatic rings. The summed E-state index contributed by atoms with van der Waals surface area (Å²) in [6.07, 6.45) is 0. The Bertz CT molecular complexity index is 876. The van der Waals surface area contributed by atoms with Crippen LogP contribution in [0.25, 0.3) is 0 Å². The molecule has 8 nitrogen and oxygen atoms in total. The molecule has 0 atom stereocenters. The van der Waals surface area contributed by atoms with Crippen LogP contribution in [0, 0.1) is 0 Å². The van der Waals surface area contributed by atoms with Gasteiger partial charge in [0.15, 0.2) is 0 Å². The normalized spacial score (nSPS) is 16.0. The summed E-state index contributed by atoms with van der Waals surface area (Å²) in [7, 11) is -13.2. The van der Waals surface area contributed by atoms with E-state index in [0.717, 1.165) is 0 Å². The quantitative estimate of drug-likeness (QED) is 0.463. The molecule has 0 unspecified atom stereocenters. The Balaban J connectivity index is 11.7. The van der Waals surface area contributed by atoms with Crippen LogP contribution in [0.5, 0.6) is 0 Å². The fourth-order valence-corrected chi connectivity index (χ4v) is 0. The van der Waals surface area contributed by atoms with Crippen LogP contribution in [0.2, 0.25) is 0 Å². The van der Waals surface area contributed by atoms with Crippen LogP contribution < -0.4 is 0 Å². The van der Waals surface area contributed by atoms with Gasteiger partial charge in [0.1, 0.15) is 0 Å². The zero-order chi connectivity index (χ0) is 8.35. The summed E-state index contributed by atoms with van der Waals surface area (Å²) < 4.78 is 69.4. The van der Waals surface area contributed by atoms with Gasteiger partial charge in [-0.25, -0.2) is 0 Å². The average molecular weight is 179 g/mol. The molecule has 9 heteroatoms. The molecule has 0 aliphatic heterocycles. The first-order valence-corrected chi connectivity index (χ1v) is 6.02. The van der Waals surface area contributed by atoms with E-state index in [-0.39, 0.29) is 0 Å². The van der Waals surface area contributed by atoms with Crippen LogP contribution in [-0.4, -0.2) is 0 Å². The van der Waals surface area contributed by atoms with Gasteiger partial charge in [0.05, 0.1) is 0 Å². The molecule has 0 N–H and O–H groups in total. The van der Waals surface area contributed by atoms with Crippen molar-refractivity contribution in [2.75, 3.05) is 0 Å². The Hall–Kier alpha value is -1.02. The van der Waals surface area contributed by atoms with Gasteiger partial charge in [-0.2, -0.15) is 0 Å². The van der Waals surface area contributed by atoms with Crippen molar-refractivity contribution in [3.8, 4) is 0 Å².